The third-order valence-corrected chi connectivity index (χ3v) is 5.84. The Morgan fingerprint density at radius 1 is 1.17 bits per heavy atom. The molecule has 0 atom stereocenters. The topological polar surface area (TPSA) is 62.2 Å². The molecule has 4 rings (SSSR count). The number of nitrogens with one attached hydrogen (secondary N) is 1. The molecule has 0 radical (unpaired) electrons. The number of nitrogens with zero attached hydrogens (tertiary/aromatic N) is 1. The highest BCUT2D eigenvalue weighted by molar-refractivity contribution is 6.32. The standard InChI is InChI=1S/C23H22ClFN2O2/c1-13(28)18-12-26-21-8-7-14(15-10-19(24)23(29)20(25)11-15)9-17(21)22(18)27-16-5-3-2-4-6-16/h7-12,16,29H,2-6H2,1H3,(H,26,27). The molecule has 1 fully saturated rings. The number of hydrogen-bond acceptors (Lipinski definition) is 4. The van der Waals surface area contributed by atoms with Crippen molar-refractivity contribution in [3.63, 3.8) is 0 Å². The van der Waals surface area contributed by atoms with Gasteiger partial charge in [-0.1, -0.05) is 36.9 Å². The van der Waals surface area contributed by atoms with Gasteiger partial charge >= 0.3 is 0 Å². The number of hydrogen-bond donors (Lipinski definition) is 2. The highest BCUT2D eigenvalue weighted by atomic mass is 35.5. The highest BCUT2D eigenvalue weighted by Crippen LogP contribution is 2.36. The van der Waals surface area contributed by atoms with E-state index in [0.29, 0.717) is 17.2 Å². The van der Waals surface area contributed by atoms with Gasteiger partial charge in [-0.3, -0.25) is 9.78 Å². The van der Waals surface area contributed by atoms with E-state index in [9.17, 15) is 14.3 Å². The molecule has 29 heavy (non-hydrogen) atoms. The van der Waals surface area contributed by atoms with E-state index in [1.807, 2.05) is 18.2 Å². The summed E-state index contributed by atoms with van der Waals surface area (Å²) in [5.74, 6) is -1.39. The SMILES string of the molecule is CC(=O)c1cnc2ccc(-c3cc(F)c(O)c(Cl)c3)cc2c1NC1CCCCC1. The molecule has 1 aliphatic carbocycles. The first-order valence-corrected chi connectivity index (χ1v) is 10.2. The van der Waals surface area contributed by atoms with E-state index in [0.717, 1.165) is 35.0 Å². The number of halogens is 2. The summed E-state index contributed by atoms with van der Waals surface area (Å²) in [7, 11) is 0. The normalized spacial score (nSPS) is 14.9. The minimum Gasteiger partial charge on any atom is -0.504 e. The Balaban J connectivity index is 1.85. The average molecular weight is 413 g/mol. The number of aromatic hydroxyl groups is 1. The summed E-state index contributed by atoms with van der Waals surface area (Å²) in [6.45, 7) is 1.54. The number of phenolic OH excluding ortho intramolecular Hbond substituents is 1. The molecule has 0 bridgehead atoms. The van der Waals surface area contributed by atoms with Gasteiger partial charge in [-0.25, -0.2) is 4.39 Å². The van der Waals surface area contributed by atoms with Crippen LogP contribution in [0.2, 0.25) is 5.02 Å². The molecule has 2 aromatic carbocycles. The number of rotatable bonds is 4. The maximum atomic E-state index is 14.0. The van der Waals surface area contributed by atoms with Gasteiger partial charge in [-0.2, -0.15) is 0 Å². The van der Waals surface area contributed by atoms with E-state index in [-0.39, 0.29) is 10.8 Å². The fourth-order valence-corrected chi connectivity index (χ4v) is 4.19. The molecule has 0 unspecified atom stereocenters. The zero-order valence-electron chi connectivity index (χ0n) is 16.1. The lowest BCUT2D eigenvalue weighted by Crippen LogP contribution is -2.23. The second-order valence-corrected chi connectivity index (χ2v) is 8.01. The van der Waals surface area contributed by atoms with Crippen LogP contribution in [0, 0.1) is 5.82 Å². The van der Waals surface area contributed by atoms with Gasteiger partial charge in [0, 0.05) is 17.6 Å². The summed E-state index contributed by atoms with van der Waals surface area (Å²) in [4.78, 5) is 16.7. The van der Waals surface area contributed by atoms with Gasteiger partial charge in [0.05, 0.1) is 21.8 Å². The van der Waals surface area contributed by atoms with Gasteiger partial charge in [0.1, 0.15) is 0 Å². The molecule has 2 N–H and O–H groups in total. The van der Waals surface area contributed by atoms with Crippen molar-refractivity contribution in [2.45, 2.75) is 45.1 Å². The van der Waals surface area contributed by atoms with E-state index in [2.05, 4.69) is 10.3 Å². The van der Waals surface area contributed by atoms with Crippen molar-refractivity contribution < 1.29 is 14.3 Å². The predicted octanol–water partition coefficient (Wildman–Crippen LogP) is 6.35. The molecule has 1 aliphatic rings. The Morgan fingerprint density at radius 3 is 2.62 bits per heavy atom. The fourth-order valence-electron chi connectivity index (χ4n) is 3.98. The smallest absolute Gasteiger partial charge is 0.170 e. The first kappa shape index (κ1) is 19.6. The minimum absolute atomic E-state index is 0.0451. The number of ketones is 1. The third-order valence-electron chi connectivity index (χ3n) is 5.55. The van der Waals surface area contributed by atoms with E-state index in [1.54, 1.807) is 6.20 Å². The Bertz CT molecular complexity index is 1070. The lowest BCUT2D eigenvalue weighted by Gasteiger charge is -2.25. The molecule has 0 saturated heterocycles. The average Bonchev–Trinajstić information content (AvgIpc) is 2.72. The minimum atomic E-state index is -0.774. The number of carbonyl (C=O) groups is 1. The molecule has 0 aliphatic heterocycles. The Labute approximate surface area is 173 Å². The maximum Gasteiger partial charge on any atom is 0.170 e. The number of anilines is 1. The summed E-state index contributed by atoms with van der Waals surface area (Å²) in [6.07, 6.45) is 7.34. The number of aromatic nitrogens is 1. The number of benzene rings is 2. The second-order valence-electron chi connectivity index (χ2n) is 7.60. The number of phenols is 1. The van der Waals surface area contributed by atoms with Crippen LogP contribution in [0.3, 0.4) is 0 Å². The van der Waals surface area contributed by atoms with Crippen molar-refractivity contribution in [3.05, 3.63) is 52.9 Å². The van der Waals surface area contributed by atoms with E-state index >= 15 is 0 Å². The Kier molecular flexibility index (Phi) is 5.41. The van der Waals surface area contributed by atoms with Gasteiger partial charge in [0.15, 0.2) is 17.3 Å². The van der Waals surface area contributed by atoms with Crippen molar-refractivity contribution in [1.29, 1.82) is 0 Å². The Morgan fingerprint density at radius 2 is 1.93 bits per heavy atom. The van der Waals surface area contributed by atoms with Crippen LogP contribution in [0.1, 0.15) is 49.4 Å². The summed E-state index contributed by atoms with van der Waals surface area (Å²) in [6, 6.07) is 8.66. The van der Waals surface area contributed by atoms with Gasteiger partial charge < -0.3 is 10.4 Å². The van der Waals surface area contributed by atoms with E-state index in [4.69, 9.17) is 11.6 Å². The van der Waals surface area contributed by atoms with Gasteiger partial charge in [-0.15, -0.1) is 0 Å². The Hall–Kier alpha value is -2.66. The van der Waals surface area contributed by atoms with Crippen molar-refractivity contribution in [2.24, 2.45) is 0 Å². The zero-order valence-corrected chi connectivity index (χ0v) is 16.9. The van der Waals surface area contributed by atoms with Crippen molar-refractivity contribution >= 4 is 34.0 Å². The second kappa shape index (κ2) is 7.99. The summed E-state index contributed by atoms with van der Waals surface area (Å²) in [5, 5.41) is 14.0. The molecule has 150 valence electrons. The molecular formula is C23H22ClFN2O2. The van der Waals surface area contributed by atoms with Gasteiger partial charge in [0.2, 0.25) is 0 Å². The molecule has 4 nitrogen and oxygen atoms in total. The predicted molar refractivity (Wildman–Crippen MR) is 114 cm³/mol. The molecule has 3 aromatic rings. The largest absolute Gasteiger partial charge is 0.504 e. The number of fused-ring (bicyclic) bond motifs is 1. The lowest BCUT2D eigenvalue weighted by molar-refractivity contribution is 0.101. The number of carbonyl (C=O) groups excluding carboxylic acids is 1. The first-order valence-electron chi connectivity index (χ1n) is 9.82. The highest BCUT2D eigenvalue weighted by Gasteiger charge is 2.19. The number of Topliss-reactive ketones (excluding diaryl/α,β-unsaturated/α-hetero) is 1. The van der Waals surface area contributed by atoms with Gasteiger partial charge in [-0.05, 0) is 55.2 Å². The van der Waals surface area contributed by atoms with Crippen LogP contribution in [0.25, 0.3) is 22.0 Å². The molecule has 0 amide bonds. The van der Waals surface area contributed by atoms with Crippen molar-refractivity contribution in [1.82, 2.24) is 4.98 Å². The quantitative estimate of drug-likeness (QED) is 0.490. The monoisotopic (exact) mass is 412 g/mol. The molecule has 1 saturated carbocycles. The lowest BCUT2D eigenvalue weighted by atomic mass is 9.94. The summed E-state index contributed by atoms with van der Waals surface area (Å²) < 4.78 is 14.0. The summed E-state index contributed by atoms with van der Waals surface area (Å²) in [5.41, 5.74) is 3.36. The van der Waals surface area contributed by atoms with Crippen LogP contribution in [-0.2, 0) is 0 Å². The van der Waals surface area contributed by atoms with Crippen LogP contribution in [0.5, 0.6) is 5.75 Å². The summed E-state index contributed by atoms with van der Waals surface area (Å²) >= 11 is 5.95. The third kappa shape index (κ3) is 3.92. The first-order chi connectivity index (χ1) is 13.9. The molecule has 0 spiro atoms. The van der Waals surface area contributed by atoms with E-state index in [1.165, 1.54) is 38.3 Å². The van der Waals surface area contributed by atoms with Gasteiger partial charge in [0.25, 0.3) is 0 Å². The van der Waals surface area contributed by atoms with Crippen LogP contribution in [-0.4, -0.2) is 21.9 Å². The molecule has 6 heteroatoms. The van der Waals surface area contributed by atoms with E-state index < -0.39 is 11.6 Å². The van der Waals surface area contributed by atoms with Crippen LogP contribution in [0.15, 0.2) is 36.5 Å². The van der Waals surface area contributed by atoms with Crippen molar-refractivity contribution in [2.75, 3.05) is 5.32 Å². The molecular weight excluding hydrogens is 391 g/mol. The fraction of sp³-hybridized carbons (Fsp3) is 0.304. The van der Waals surface area contributed by atoms with Crippen LogP contribution < -0.4 is 5.32 Å². The maximum absolute atomic E-state index is 14.0. The molecule has 1 aromatic heterocycles. The van der Waals surface area contributed by atoms with Crippen LogP contribution in [0.4, 0.5) is 10.1 Å². The molecule has 1 heterocycles. The zero-order chi connectivity index (χ0) is 20.5. The van der Waals surface area contributed by atoms with Crippen LogP contribution >= 0.6 is 11.6 Å². The van der Waals surface area contributed by atoms with Crippen molar-refractivity contribution in [3.8, 4) is 16.9 Å². The number of pyridine rings is 1.